The molecule has 1 amide bonds. The van der Waals surface area contributed by atoms with Crippen molar-refractivity contribution in [3.63, 3.8) is 0 Å². The van der Waals surface area contributed by atoms with Crippen molar-refractivity contribution in [1.82, 2.24) is 5.32 Å². The molecule has 0 spiro atoms. The SMILES string of the molecule is [B]C1(O)CCC(CCN2CCNC(=O)c3oc4ccc(C(F)(F)F)cc4c32)CC1. The first-order valence-corrected chi connectivity index (χ1v) is 9.82. The predicted molar refractivity (Wildman–Crippen MR) is 103 cm³/mol. The number of benzene rings is 1. The summed E-state index contributed by atoms with van der Waals surface area (Å²) in [7, 11) is 5.77. The Hall–Kier alpha value is -2.16. The van der Waals surface area contributed by atoms with Crippen molar-refractivity contribution < 1.29 is 27.5 Å². The van der Waals surface area contributed by atoms with Gasteiger partial charge in [-0.25, -0.2) is 0 Å². The van der Waals surface area contributed by atoms with Crippen LogP contribution in [0.2, 0.25) is 0 Å². The number of hydrogen-bond donors (Lipinski definition) is 2. The molecule has 2 radical (unpaired) electrons. The second kappa shape index (κ2) is 7.27. The van der Waals surface area contributed by atoms with E-state index in [1.54, 1.807) is 0 Å². The van der Waals surface area contributed by atoms with Gasteiger partial charge in [0.2, 0.25) is 5.76 Å². The third-order valence-electron chi connectivity index (χ3n) is 5.96. The number of anilines is 1. The molecule has 5 nitrogen and oxygen atoms in total. The minimum Gasteiger partial charge on any atom is -0.449 e. The lowest BCUT2D eigenvalue weighted by molar-refractivity contribution is -0.137. The molecular weight excluding hydrogens is 384 g/mol. The van der Waals surface area contributed by atoms with Crippen LogP contribution in [0.15, 0.2) is 22.6 Å². The molecule has 0 unspecified atom stereocenters. The van der Waals surface area contributed by atoms with Gasteiger partial charge in [0.15, 0.2) is 0 Å². The van der Waals surface area contributed by atoms with Crippen molar-refractivity contribution in [2.45, 2.75) is 43.8 Å². The molecule has 4 rings (SSSR count). The Balaban J connectivity index is 1.63. The maximum atomic E-state index is 13.2. The Labute approximate surface area is 167 Å². The first-order valence-electron chi connectivity index (χ1n) is 9.82. The summed E-state index contributed by atoms with van der Waals surface area (Å²) in [5, 5.41) is 12.9. The number of rotatable bonds is 3. The topological polar surface area (TPSA) is 65.7 Å². The summed E-state index contributed by atoms with van der Waals surface area (Å²) in [5.74, 6) is 0.00742. The van der Waals surface area contributed by atoms with Crippen LogP contribution in [0.5, 0.6) is 0 Å². The van der Waals surface area contributed by atoms with Crippen molar-refractivity contribution in [2.75, 3.05) is 24.5 Å². The highest BCUT2D eigenvalue weighted by Gasteiger charge is 2.34. The second-order valence-electron chi connectivity index (χ2n) is 8.07. The minimum atomic E-state index is -4.47. The number of carbonyl (C=O) groups excluding carboxylic acids is 1. The zero-order chi connectivity index (χ0) is 20.8. The summed E-state index contributed by atoms with van der Waals surface area (Å²) in [6.07, 6.45) is -1.00. The first kappa shape index (κ1) is 20.1. The van der Waals surface area contributed by atoms with Gasteiger partial charge in [-0.1, -0.05) is 0 Å². The van der Waals surface area contributed by atoms with Gasteiger partial charge in [0.05, 0.1) is 11.3 Å². The summed E-state index contributed by atoms with van der Waals surface area (Å²) >= 11 is 0. The first-order chi connectivity index (χ1) is 13.6. The third kappa shape index (κ3) is 4.10. The monoisotopic (exact) mass is 406 g/mol. The Morgan fingerprint density at radius 3 is 2.72 bits per heavy atom. The van der Waals surface area contributed by atoms with E-state index in [2.05, 4.69) is 5.32 Å². The highest BCUT2D eigenvalue weighted by Crippen LogP contribution is 2.40. The fourth-order valence-corrected chi connectivity index (χ4v) is 4.25. The average Bonchev–Trinajstić information content (AvgIpc) is 2.96. The van der Waals surface area contributed by atoms with Gasteiger partial charge >= 0.3 is 6.18 Å². The molecule has 1 saturated carbocycles. The number of nitrogens with zero attached hydrogens (tertiary/aromatic N) is 1. The number of hydrogen-bond acceptors (Lipinski definition) is 4. The van der Waals surface area contributed by atoms with Crippen molar-refractivity contribution in [1.29, 1.82) is 0 Å². The van der Waals surface area contributed by atoms with Gasteiger partial charge < -0.3 is 19.7 Å². The number of furan rings is 1. The van der Waals surface area contributed by atoms with Crippen molar-refractivity contribution in [2.24, 2.45) is 5.92 Å². The van der Waals surface area contributed by atoms with E-state index in [-0.39, 0.29) is 11.3 Å². The van der Waals surface area contributed by atoms with Gasteiger partial charge in [0.25, 0.3) is 5.91 Å². The standard InChI is InChI=1S/C20H22BF3N2O3/c21-19(28)6-3-12(4-7-19)5-9-26-10-8-25-18(27)17-16(26)14-11-13(20(22,23)24)1-2-15(14)29-17/h1-2,11-12,28H,3-10H2,(H,25,27). The highest BCUT2D eigenvalue weighted by molar-refractivity contribution is 6.14. The molecule has 0 bridgehead atoms. The van der Waals surface area contributed by atoms with Crippen LogP contribution in [-0.2, 0) is 6.18 Å². The number of amides is 1. The lowest BCUT2D eigenvalue weighted by Gasteiger charge is -2.34. The molecular formula is C20H22BF3N2O3. The van der Waals surface area contributed by atoms with Crippen LogP contribution < -0.4 is 10.2 Å². The van der Waals surface area contributed by atoms with Crippen molar-refractivity contribution >= 4 is 30.4 Å². The molecule has 2 aromatic rings. The average molecular weight is 406 g/mol. The number of fused-ring (bicyclic) bond motifs is 3. The van der Waals surface area contributed by atoms with E-state index < -0.39 is 23.1 Å². The van der Waals surface area contributed by atoms with Gasteiger partial charge in [-0.15, -0.1) is 0 Å². The minimum absolute atomic E-state index is 0.0526. The molecule has 0 saturated heterocycles. The van der Waals surface area contributed by atoms with E-state index in [4.69, 9.17) is 12.3 Å². The third-order valence-corrected chi connectivity index (χ3v) is 5.96. The maximum absolute atomic E-state index is 13.2. The quantitative estimate of drug-likeness (QED) is 0.767. The van der Waals surface area contributed by atoms with Gasteiger partial charge in [0, 0.05) is 30.5 Å². The van der Waals surface area contributed by atoms with E-state index in [1.807, 2.05) is 4.90 Å². The number of halogens is 3. The fourth-order valence-electron chi connectivity index (χ4n) is 4.25. The second-order valence-corrected chi connectivity index (χ2v) is 8.07. The molecule has 1 aromatic carbocycles. The van der Waals surface area contributed by atoms with E-state index in [0.717, 1.165) is 31.4 Å². The lowest BCUT2D eigenvalue weighted by atomic mass is 9.67. The molecule has 2 heterocycles. The molecule has 29 heavy (non-hydrogen) atoms. The maximum Gasteiger partial charge on any atom is 0.416 e. The van der Waals surface area contributed by atoms with Crippen LogP contribution in [0, 0.1) is 5.92 Å². The molecule has 9 heteroatoms. The zero-order valence-corrected chi connectivity index (χ0v) is 15.9. The number of nitrogens with one attached hydrogen (secondary N) is 1. The Morgan fingerprint density at radius 2 is 2.03 bits per heavy atom. The van der Waals surface area contributed by atoms with E-state index in [1.165, 1.54) is 6.07 Å². The summed E-state index contributed by atoms with van der Waals surface area (Å²) < 4.78 is 45.3. The molecule has 1 aliphatic carbocycles. The molecule has 2 N–H and O–H groups in total. The van der Waals surface area contributed by atoms with Crippen LogP contribution >= 0.6 is 0 Å². The fraction of sp³-hybridized carbons (Fsp3) is 0.550. The van der Waals surface area contributed by atoms with E-state index in [9.17, 15) is 23.1 Å². The normalized spacial score (nSPS) is 25.6. The predicted octanol–water partition coefficient (Wildman–Crippen LogP) is 3.44. The zero-order valence-electron chi connectivity index (χ0n) is 15.9. The van der Waals surface area contributed by atoms with Gasteiger partial charge in [-0.2, -0.15) is 13.2 Å². The van der Waals surface area contributed by atoms with Crippen molar-refractivity contribution in [3.8, 4) is 0 Å². The molecule has 1 fully saturated rings. The smallest absolute Gasteiger partial charge is 0.416 e. The molecule has 154 valence electrons. The largest absolute Gasteiger partial charge is 0.449 e. The molecule has 1 aliphatic heterocycles. The molecule has 0 atom stereocenters. The van der Waals surface area contributed by atoms with Crippen LogP contribution in [0.3, 0.4) is 0 Å². The molecule has 1 aromatic heterocycles. The summed E-state index contributed by atoms with van der Waals surface area (Å²) in [6.45, 7) is 1.45. The summed E-state index contributed by atoms with van der Waals surface area (Å²) in [6, 6.07) is 3.28. The van der Waals surface area contributed by atoms with E-state index >= 15 is 0 Å². The van der Waals surface area contributed by atoms with Crippen LogP contribution in [0.1, 0.15) is 48.2 Å². The van der Waals surface area contributed by atoms with Crippen LogP contribution in [-0.4, -0.2) is 44.0 Å². The number of alkyl halides is 3. The van der Waals surface area contributed by atoms with E-state index in [0.29, 0.717) is 49.5 Å². The molecule has 2 aliphatic rings. The highest BCUT2D eigenvalue weighted by atomic mass is 19.4. The van der Waals surface area contributed by atoms with Gasteiger partial charge in [-0.3, -0.25) is 4.79 Å². The Kier molecular flexibility index (Phi) is 5.05. The summed E-state index contributed by atoms with van der Waals surface area (Å²) in [4.78, 5) is 14.3. The van der Waals surface area contributed by atoms with Gasteiger partial charge in [-0.05, 0) is 56.2 Å². The van der Waals surface area contributed by atoms with Crippen molar-refractivity contribution in [3.05, 3.63) is 29.5 Å². The lowest BCUT2D eigenvalue weighted by Crippen LogP contribution is -2.36. The van der Waals surface area contributed by atoms with Crippen LogP contribution in [0.25, 0.3) is 11.0 Å². The number of aliphatic hydroxyl groups is 1. The number of carbonyl (C=O) groups is 1. The van der Waals surface area contributed by atoms with Gasteiger partial charge in [0.1, 0.15) is 13.4 Å². The summed E-state index contributed by atoms with van der Waals surface area (Å²) in [5.41, 5.74) is -1.19. The Morgan fingerprint density at radius 1 is 1.31 bits per heavy atom. The Bertz CT molecular complexity index is 916. The van der Waals surface area contributed by atoms with Crippen LogP contribution in [0.4, 0.5) is 18.9 Å².